The van der Waals surface area contributed by atoms with Gasteiger partial charge in [-0.05, 0) is 103 Å². The van der Waals surface area contributed by atoms with Crippen LogP contribution in [0.5, 0.6) is 0 Å². The molecule has 0 aromatic heterocycles. The summed E-state index contributed by atoms with van der Waals surface area (Å²) in [6, 6.07) is 22.4. The highest BCUT2D eigenvalue weighted by molar-refractivity contribution is 7.98. The van der Waals surface area contributed by atoms with E-state index in [2.05, 4.69) is 114 Å². The zero-order valence-electron chi connectivity index (χ0n) is 21.6. The molecule has 178 valence electrons. The van der Waals surface area contributed by atoms with Crippen molar-refractivity contribution < 1.29 is 0 Å². The maximum Gasteiger partial charge on any atom is 0.0657 e. The third kappa shape index (κ3) is 7.21. The summed E-state index contributed by atoms with van der Waals surface area (Å²) < 4.78 is 0. The molecule has 3 aromatic rings. The monoisotopic (exact) mass is 469 g/mol. The molecule has 0 bridgehead atoms. The number of aliphatic imine (C=N–C) groups is 1. The fourth-order valence-electron chi connectivity index (χ4n) is 4.18. The first-order valence-corrected chi connectivity index (χ1v) is 13.2. The van der Waals surface area contributed by atoms with E-state index in [-0.39, 0.29) is 5.41 Å². The number of nitrogens with zero attached hydrogens (tertiary/aromatic N) is 1. The summed E-state index contributed by atoms with van der Waals surface area (Å²) >= 11 is 1.90. The van der Waals surface area contributed by atoms with E-state index in [0.29, 0.717) is 0 Å². The number of rotatable bonds is 10. The number of thioether (sulfide) groups is 1. The molecule has 0 aliphatic carbocycles. The lowest BCUT2D eigenvalue weighted by Crippen LogP contribution is -2.10. The minimum Gasteiger partial charge on any atom is -0.264 e. The van der Waals surface area contributed by atoms with Crippen LogP contribution in [-0.4, -0.2) is 6.72 Å². The van der Waals surface area contributed by atoms with Crippen LogP contribution in [-0.2, 0) is 30.4 Å². The minimum absolute atomic E-state index is 0.184. The molecule has 3 aromatic carbocycles. The summed E-state index contributed by atoms with van der Waals surface area (Å²) in [7, 11) is 0. The van der Waals surface area contributed by atoms with Gasteiger partial charge in [0.1, 0.15) is 0 Å². The SMILES string of the molecule is C=Nc1cccc(CSc2ccc(CCC(=C)C)c(C)c2)c1CCc1ccc(C(C)(C)C)cc1. The number of hydrogen-bond acceptors (Lipinski definition) is 2. The first kappa shape index (κ1) is 26.0. The quantitative estimate of drug-likeness (QED) is 0.164. The van der Waals surface area contributed by atoms with Crippen LogP contribution in [0.3, 0.4) is 0 Å². The molecule has 0 atom stereocenters. The van der Waals surface area contributed by atoms with Gasteiger partial charge >= 0.3 is 0 Å². The normalized spacial score (nSPS) is 11.4. The van der Waals surface area contributed by atoms with Gasteiger partial charge in [0.25, 0.3) is 0 Å². The summed E-state index contributed by atoms with van der Waals surface area (Å²) in [4.78, 5) is 5.66. The predicted molar refractivity (Wildman–Crippen MR) is 152 cm³/mol. The second kappa shape index (κ2) is 11.7. The first-order chi connectivity index (χ1) is 16.2. The summed E-state index contributed by atoms with van der Waals surface area (Å²) in [5, 5.41) is 0. The lowest BCUT2D eigenvalue weighted by Gasteiger charge is -2.19. The molecule has 34 heavy (non-hydrogen) atoms. The fraction of sp³-hybridized carbons (Fsp3) is 0.344. The van der Waals surface area contributed by atoms with E-state index < -0.39 is 0 Å². The van der Waals surface area contributed by atoms with E-state index in [1.165, 1.54) is 43.8 Å². The van der Waals surface area contributed by atoms with Crippen molar-refractivity contribution in [3.63, 3.8) is 0 Å². The van der Waals surface area contributed by atoms with Gasteiger partial charge in [-0.3, -0.25) is 4.99 Å². The molecule has 0 saturated heterocycles. The van der Waals surface area contributed by atoms with Gasteiger partial charge < -0.3 is 0 Å². The van der Waals surface area contributed by atoms with Gasteiger partial charge in [0.2, 0.25) is 0 Å². The van der Waals surface area contributed by atoms with Crippen LogP contribution in [0, 0.1) is 6.92 Å². The van der Waals surface area contributed by atoms with E-state index in [1.807, 2.05) is 11.8 Å². The molecule has 0 aliphatic rings. The number of aryl methyl sites for hydroxylation is 3. The number of benzene rings is 3. The minimum atomic E-state index is 0.184. The predicted octanol–water partition coefficient (Wildman–Crippen LogP) is 9.21. The second-order valence-corrected chi connectivity index (χ2v) is 11.4. The van der Waals surface area contributed by atoms with Crippen LogP contribution in [0.15, 0.2) is 82.7 Å². The zero-order chi connectivity index (χ0) is 24.7. The molecule has 0 N–H and O–H groups in total. The largest absolute Gasteiger partial charge is 0.264 e. The molecule has 0 heterocycles. The third-order valence-corrected chi connectivity index (χ3v) is 7.47. The summed E-state index contributed by atoms with van der Waals surface area (Å²) in [6.45, 7) is 19.0. The Morgan fingerprint density at radius 3 is 2.26 bits per heavy atom. The van der Waals surface area contributed by atoms with Gasteiger partial charge in [0, 0.05) is 10.6 Å². The number of hydrogen-bond donors (Lipinski definition) is 0. The Morgan fingerprint density at radius 1 is 0.912 bits per heavy atom. The average Bonchev–Trinajstić information content (AvgIpc) is 2.80. The Morgan fingerprint density at radius 2 is 1.65 bits per heavy atom. The van der Waals surface area contributed by atoms with Crippen LogP contribution in [0.1, 0.15) is 67.5 Å². The number of allylic oxidation sites excluding steroid dienone is 1. The van der Waals surface area contributed by atoms with Crippen LogP contribution < -0.4 is 0 Å². The molecule has 0 spiro atoms. The van der Waals surface area contributed by atoms with Crippen molar-refractivity contribution in [3.05, 3.63) is 106 Å². The molecule has 0 aliphatic heterocycles. The molecule has 0 unspecified atom stereocenters. The van der Waals surface area contributed by atoms with Crippen molar-refractivity contribution >= 4 is 24.2 Å². The lowest BCUT2D eigenvalue weighted by atomic mass is 9.86. The Balaban J connectivity index is 1.70. The standard InChI is InChI=1S/C32H39NS/c1-23(2)11-15-26-16-19-29(21-24(26)3)34-22-27-9-8-10-31(33-7)30(27)20-14-25-12-17-28(18-13-25)32(4,5)6/h8-10,12-13,16-19,21H,1,7,11,14-15,20,22H2,2-6H3. The zero-order valence-corrected chi connectivity index (χ0v) is 22.4. The molecule has 0 amide bonds. The Bertz CT molecular complexity index is 1130. The summed E-state index contributed by atoms with van der Waals surface area (Å²) in [6.07, 6.45) is 4.10. The van der Waals surface area contributed by atoms with Crippen molar-refractivity contribution in [2.45, 2.75) is 76.4 Å². The van der Waals surface area contributed by atoms with E-state index in [1.54, 1.807) is 0 Å². The van der Waals surface area contributed by atoms with Gasteiger partial charge in [-0.15, -0.1) is 18.3 Å². The van der Waals surface area contributed by atoms with E-state index in [0.717, 1.165) is 37.1 Å². The topological polar surface area (TPSA) is 12.4 Å². The molecule has 1 nitrogen and oxygen atoms in total. The van der Waals surface area contributed by atoms with Crippen molar-refractivity contribution in [2.24, 2.45) is 4.99 Å². The molecular formula is C32H39NS. The third-order valence-electron chi connectivity index (χ3n) is 6.43. The first-order valence-electron chi connectivity index (χ1n) is 12.2. The van der Waals surface area contributed by atoms with Crippen molar-refractivity contribution in [1.29, 1.82) is 0 Å². The van der Waals surface area contributed by atoms with Crippen LogP contribution in [0.25, 0.3) is 0 Å². The molecule has 0 radical (unpaired) electrons. The maximum atomic E-state index is 4.34. The Labute approximate surface area is 211 Å². The van der Waals surface area contributed by atoms with Crippen LogP contribution in [0.4, 0.5) is 5.69 Å². The van der Waals surface area contributed by atoms with Crippen molar-refractivity contribution in [2.75, 3.05) is 0 Å². The highest BCUT2D eigenvalue weighted by Crippen LogP contribution is 2.31. The van der Waals surface area contributed by atoms with Gasteiger partial charge in [0.15, 0.2) is 0 Å². The highest BCUT2D eigenvalue weighted by Gasteiger charge is 2.14. The molecule has 3 rings (SSSR count). The Hall–Kier alpha value is -2.58. The van der Waals surface area contributed by atoms with Gasteiger partial charge in [-0.25, -0.2) is 0 Å². The average molecular weight is 470 g/mol. The van der Waals surface area contributed by atoms with Gasteiger partial charge in [0.05, 0.1) is 5.69 Å². The highest BCUT2D eigenvalue weighted by atomic mass is 32.2. The lowest BCUT2D eigenvalue weighted by molar-refractivity contribution is 0.590. The smallest absolute Gasteiger partial charge is 0.0657 e. The molecule has 0 saturated carbocycles. The van der Waals surface area contributed by atoms with Crippen molar-refractivity contribution in [3.8, 4) is 0 Å². The van der Waals surface area contributed by atoms with E-state index in [9.17, 15) is 0 Å². The van der Waals surface area contributed by atoms with Crippen LogP contribution in [0.2, 0.25) is 0 Å². The van der Waals surface area contributed by atoms with Gasteiger partial charge in [-0.2, -0.15) is 0 Å². The van der Waals surface area contributed by atoms with E-state index in [4.69, 9.17) is 0 Å². The van der Waals surface area contributed by atoms with Crippen LogP contribution >= 0.6 is 11.8 Å². The molecule has 2 heteroatoms. The summed E-state index contributed by atoms with van der Waals surface area (Å²) in [5.74, 6) is 0.937. The molecule has 0 fully saturated rings. The van der Waals surface area contributed by atoms with Gasteiger partial charge in [-0.1, -0.05) is 68.8 Å². The second-order valence-electron chi connectivity index (χ2n) is 10.4. The molecular weight excluding hydrogens is 430 g/mol. The maximum absolute atomic E-state index is 4.34. The fourth-order valence-corrected chi connectivity index (χ4v) is 5.20. The summed E-state index contributed by atoms with van der Waals surface area (Å²) in [5.41, 5.74) is 10.6. The Kier molecular flexibility index (Phi) is 8.97. The van der Waals surface area contributed by atoms with Crippen molar-refractivity contribution in [1.82, 2.24) is 0 Å². The van der Waals surface area contributed by atoms with E-state index >= 15 is 0 Å².